The highest BCUT2D eigenvalue weighted by Gasteiger charge is 2.59. The standard InChI is InChI=1S/C32H45NO4.C30H41NO4/c1-5-36-29(35)32-16-14-31(15-17-32,20-28(32)34)33-21-22-6-7-24-19-27(11-8-23(24)18-22)37-26-12-9-25(10-13-26)30(2,3)4;1-28(2,3)23-7-10-24(11-8-23)35-25-9-6-21-16-20(4-5-22(21)17-25)19-31-29-12-14-30(15-13-29,27(33)34)26(32)18-29/h6-8,11,18-19,25-26,28,33-34H,5,9-10,12-17,20-21H2,1-4H3;4-6,9,16-17,23-24,26,31-32H,7-8,10-15,18-19H2,1-3H3,(H,33,34). The summed E-state index contributed by atoms with van der Waals surface area (Å²) in [5, 5.41) is 43.4. The Balaban J connectivity index is 0.000000178. The Labute approximate surface area is 429 Å². The van der Waals surface area contributed by atoms with Crippen LogP contribution in [0.5, 0.6) is 11.5 Å². The minimum Gasteiger partial charge on any atom is -0.490 e. The fourth-order valence-corrected chi connectivity index (χ4v) is 14.0. The van der Waals surface area contributed by atoms with E-state index in [9.17, 15) is 24.9 Å². The van der Waals surface area contributed by atoms with Crippen LogP contribution in [0, 0.1) is 33.5 Å². The minimum absolute atomic E-state index is 0.105. The van der Waals surface area contributed by atoms with Crippen LogP contribution in [0.3, 0.4) is 0 Å². The van der Waals surface area contributed by atoms with E-state index in [0.717, 1.165) is 87.8 Å². The number of fused-ring (bicyclic) bond motifs is 8. The molecule has 2 atom stereocenters. The van der Waals surface area contributed by atoms with Crippen molar-refractivity contribution in [2.24, 2.45) is 33.5 Å². The number of benzene rings is 4. The summed E-state index contributed by atoms with van der Waals surface area (Å²) in [5.41, 5.74) is 1.32. The van der Waals surface area contributed by atoms with Gasteiger partial charge in [0.25, 0.3) is 0 Å². The zero-order valence-electron chi connectivity index (χ0n) is 44.6. The Morgan fingerprint density at radius 3 is 1.28 bits per heavy atom. The number of ether oxygens (including phenoxy) is 3. The summed E-state index contributed by atoms with van der Waals surface area (Å²) < 4.78 is 18.1. The third kappa shape index (κ3) is 11.2. The summed E-state index contributed by atoms with van der Waals surface area (Å²) >= 11 is 0. The van der Waals surface area contributed by atoms with Crippen LogP contribution in [-0.4, -0.2) is 69.4 Å². The maximum atomic E-state index is 12.6. The molecule has 8 aliphatic carbocycles. The van der Waals surface area contributed by atoms with Crippen molar-refractivity contribution in [1.82, 2.24) is 10.6 Å². The van der Waals surface area contributed by atoms with E-state index in [4.69, 9.17) is 14.2 Å². The number of rotatable bonds is 13. The molecule has 8 saturated carbocycles. The Morgan fingerprint density at radius 1 is 0.542 bits per heavy atom. The summed E-state index contributed by atoms with van der Waals surface area (Å²) in [4.78, 5) is 24.3. The van der Waals surface area contributed by atoms with Crippen LogP contribution < -0.4 is 20.1 Å². The topological polar surface area (TPSA) is 147 Å². The molecule has 0 spiro atoms. The predicted molar refractivity (Wildman–Crippen MR) is 286 cm³/mol. The molecule has 0 saturated heterocycles. The second-order valence-corrected chi connectivity index (χ2v) is 25.6. The molecule has 12 rings (SSSR count). The van der Waals surface area contributed by atoms with E-state index in [2.05, 4.69) is 125 Å². The molecular weight excluding hydrogens is 901 g/mol. The molecule has 10 heteroatoms. The molecule has 8 fully saturated rings. The lowest BCUT2D eigenvalue weighted by Gasteiger charge is -2.54. The van der Waals surface area contributed by atoms with Crippen molar-refractivity contribution in [2.45, 2.75) is 213 Å². The van der Waals surface area contributed by atoms with E-state index >= 15 is 0 Å². The van der Waals surface area contributed by atoms with E-state index < -0.39 is 29.0 Å². The molecule has 0 heterocycles. The number of carbonyl (C=O) groups is 2. The molecule has 2 unspecified atom stereocenters. The lowest BCUT2D eigenvalue weighted by atomic mass is 9.55. The Morgan fingerprint density at radius 2 is 0.917 bits per heavy atom. The van der Waals surface area contributed by atoms with Crippen LogP contribution in [0.4, 0.5) is 0 Å². The summed E-state index contributed by atoms with van der Waals surface area (Å²) in [7, 11) is 0. The summed E-state index contributed by atoms with van der Waals surface area (Å²) in [6.45, 7) is 17.8. The maximum Gasteiger partial charge on any atom is 0.314 e. The first-order valence-electron chi connectivity index (χ1n) is 27.9. The molecule has 72 heavy (non-hydrogen) atoms. The van der Waals surface area contributed by atoms with Crippen LogP contribution in [0.25, 0.3) is 21.5 Å². The van der Waals surface area contributed by atoms with Gasteiger partial charge in [-0.25, -0.2) is 0 Å². The van der Waals surface area contributed by atoms with Crippen LogP contribution in [0.1, 0.15) is 175 Å². The molecular formula is C62H86N2O8. The number of carboxylic acids is 1. The predicted octanol–water partition coefficient (Wildman–Crippen LogP) is 12.6. The molecule has 392 valence electrons. The average molecular weight is 987 g/mol. The Kier molecular flexibility index (Phi) is 15.2. The van der Waals surface area contributed by atoms with Gasteiger partial charge in [-0.05, 0) is 214 Å². The van der Waals surface area contributed by atoms with Gasteiger partial charge in [0.15, 0.2) is 0 Å². The maximum absolute atomic E-state index is 12.6. The Hall–Kier alpha value is -4.22. The molecule has 4 aromatic carbocycles. The largest absolute Gasteiger partial charge is 0.490 e. The molecule has 0 aliphatic heterocycles. The minimum atomic E-state index is -0.932. The first-order valence-corrected chi connectivity index (χ1v) is 27.9. The highest BCUT2D eigenvalue weighted by Crippen LogP contribution is 2.54. The van der Waals surface area contributed by atoms with Gasteiger partial charge < -0.3 is 40.2 Å². The summed E-state index contributed by atoms with van der Waals surface area (Å²) in [6, 6.07) is 26.0. The third-order valence-corrected chi connectivity index (χ3v) is 19.2. The first kappa shape index (κ1) is 52.6. The van der Waals surface area contributed by atoms with Gasteiger partial charge in [0.1, 0.15) is 11.5 Å². The smallest absolute Gasteiger partial charge is 0.314 e. The van der Waals surface area contributed by atoms with Gasteiger partial charge in [0.2, 0.25) is 0 Å². The van der Waals surface area contributed by atoms with E-state index in [1.165, 1.54) is 58.4 Å². The molecule has 0 aromatic heterocycles. The van der Waals surface area contributed by atoms with Crippen LogP contribution in [-0.2, 0) is 27.4 Å². The second kappa shape index (κ2) is 20.8. The molecule has 4 aromatic rings. The number of aliphatic carboxylic acids is 1. The average Bonchev–Trinajstić information content (AvgIpc) is 3.36. The van der Waals surface area contributed by atoms with Crippen molar-refractivity contribution in [3.05, 3.63) is 83.9 Å². The van der Waals surface area contributed by atoms with Crippen molar-refractivity contribution < 1.29 is 39.1 Å². The van der Waals surface area contributed by atoms with Gasteiger partial charge in [-0.1, -0.05) is 77.9 Å². The summed E-state index contributed by atoms with van der Waals surface area (Å²) in [5.74, 6) is 2.46. The second-order valence-electron chi connectivity index (χ2n) is 25.6. The zero-order chi connectivity index (χ0) is 51.1. The molecule has 0 radical (unpaired) electrons. The van der Waals surface area contributed by atoms with Crippen molar-refractivity contribution in [3.63, 3.8) is 0 Å². The van der Waals surface area contributed by atoms with E-state index in [1.807, 2.05) is 6.92 Å². The number of carboxylic acid groups (broad SMARTS) is 1. The Bertz CT molecular complexity index is 2530. The number of hydrogen-bond donors (Lipinski definition) is 5. The van der Waals surface area contributed by atoms with Gasteiger partial charge in [-0.15, -0.1) is 0 Å². The SMILES string of the molecule is CC(C)(C)C1CCC(Oc2ccc3cc(CNC45CCC(C(=O)O)(CC4)C(O)C5)ccc3c2)CC1.CCOC(=O)C12CCC(NCc3ccc4cc(OC5CCC(C(C)(C)C)CC5)ccc4c3)(CC1)CC2O. The molecule has 10 nitrogen and oxygen atoms in total. The number of aliphatic hydroxyl groups excluding tert-OH is 2. The molecule has 8 aliphatic rings. The number of nitrogens with one attached hydrogen (secondary N) is 2. The molecule has 4 bridgehead atoms. The highest BCUT2D eigenvalue weighted by atomic mass is 16.5. The van der Waals surface area contributed by atoms with Gasteiger partial charge in [-0.3, -0.25) is 9.59 Å². The van der Waals surface area contributed by atoms with Crippen LogP contribution >= 0.6 is 0 Å². The fraction of sp³-hybridized carbons (Fsp3) is 0.645. The quantitative estimate of drug-likeness (QED) is 0.0821. The van der Waals surface area contributed by atoms with Crippen LogP contribution in [0.2, 0.25) is 0 Å². The number of aliphatic hydroxyl groups is 2. The van der Waals surface area contributed by atoms with Gasteiger partial charge in [0, 0.05) is 24.2 Å². The third-order valence-electron chi connectivity index (χ3n) is 19.2. The summed E-state index contributed by atoms with van der Waals surface area (Å²) in [6.07, 6.45) is 15.8. The lowest BCUT2D eigenvalue weighted by Crippen LogP contribution is -2.63. The lowest BCUT2D eigenvalue weighted by molar-refractivity contribution is -0.178. The molecule has 0 amide bonds. The van der Waals surface area contributed by atoms with Crippen molar-refractivity contribution >= 4 is 33.5 Å². The molecule has 5 N–H and O–H groups in total. The zero-order valence-corrected chi connectivity index (χ0v) is 44.6. The number of hydrogen-bond acceptors (Lipinski definition) is 9. The van der Waals surface area contributed by atoms with Gasteiger partial charge in [0.05, 0.1) is 41.9 Å². The van der Waals surface area contributed by atoms with Crippen molar-refractivity contribution in [2.75, 3.05) is 6.61 Å². The first-order chi connectivity index (χ1) is 34.2. The number of esters is 1. The number of carbonyl (C=O) groups excluding carboxylic acids is 1. The van der Waals surface area contributed by atoms with Crippen LogP contribution in [0.15, 0.2) is 72.8 Å². The van der Waals surface area contributed by atoms with Crippen molar-refractivity contribution in [1.29, 1.82) is 0 Å². The van der Waals surface area contributed by atoms with E-state index in [1.54, 1.807) is 0 Å². The van der Waals surface area contributed by atoms with Crippen molar-refractivity contribution in [3.8, 4) is 11.5 Å². The fourth-order valence-electron chi connectivity index (χ4n) is 14.0. The van der Waals surface area contributed by atoms with Gasteiger partial charge in [-0.2, -0.15) is 0 Å². The van der Waals surface area contributed by atoms with E-state index in [-0.39, 0.29) is 17.0 Å². The normalized spacial score (nSPS) is 32.5. The van der Waals surface area contributed by atoms with Gasteiger partial charge >= 0.3 is 11.9 Å². The highest BCUT2D eigenvalue weighted by molar-refractivity contribution is 5.85. The monoisotopic (exact) mass is 987 g/mol. The van der Waals surface area contributed by atoms with E-state index in [0.29, 0.717) is 68.2 Å².